The molecule has 1 aliphatic rings. The molecule has 1 saturated carbocycles. The van der Waals surface area contributed by atoms with Crippen LogP contribution in [-0.2, 0) is 5.54 Å². The van der Waals surface area contributed by atoms with Gasteiger partial charge >= 0.3 is 0 Å². The summed E-state index contributed by atoms with van der Waals surface area (Å²) in [5, 5.41) is 1.22. The van der Waals surface area contributed by atoms with Crippen molar-refractivity contribution in [1.29, 1.82) is 0 Å². The van der Waals surface area contributed by atoms with Gasteiger partial charge in [-0.05, 0) is 30.5 Å². The van der Waals surface area contributed by atoms with Gasteiger partial charge in [-0.25, -0.2) is 0 Å². The normalized spacial score (nSPS) is 19.1. The molecule has 0 atom stereocenters. The second-order valence-corrected chi connectivity index (χ2v) is 4.74. The van der Waals surface area contributed by atoms with E-state index >= 15 is 0 Å². The minimum atomic E-state index is -0.122. The molecule has 0 aliphatic heterocycles. The van der Waals surface area contributed by atoms with Gasteiger partial charge in [0.25, 0.3) is 0 Å². The van der Waals surface area contributed by atoms with E-state index in [2.05, 4.69) is 29.2 Å². The fourth-order valence-electron chi connectivity index (χ4n) is 2.81. The van der Waals surface area contributed by atoms with Crippen molar-refractivity contribution >= 4 is 10.9 Å². The molecule has 0 saturated heterocycles. The van der Waals surface area contributed by atoms with Gasteiger partial charge in [-0.3, -0.25) is 4.98 Å². The zero-order chi connectivity index (χ0) is 11.0. The largest absolute Gasteiger partial charge is 0.321 e. The Balaban J connectivity index is 2.23. The second-order valence-electron chi connectivity index (χ2n) is 4.74. The van der Waals surface area contributed by atoms with E-state index in [1.165, 1.54) is 23.8 Å². The number of aromatic nitrogens is 1. The lowest BCUT2D eigenvalue weighted by Gasteiger charge is -2.25. The number of pyridine rings is 1. The predicted molar refractivity (Wildman–Crippen MR) is 66.1 cm³/mol. The molecule has 1 heterocycles. The topological polar surface area (TPSA) is 38.9 Å². The minimum Gasteiger partial charge on any atom is -0.321 e. The van der Waals surface area contributed by atoms with E-state index < -0.39 is 0 Å². The van der Waals surface area contributed by atoms with Gasteiger partial charge in [0.05, 0.1) is 5.52 Å². The maximum atomic E-state index is 6.52. The summed E-state index contributed by atoms with van der Waals surface area (Å²) in [5.74, 6) is 0. The van der Waals surface area contributed by atoms with Crippen molar-refractivity contribution in [2.24, 2.45) is 5.73 Å². The van der Waals surface area contributed by atoms with Crippen LogP contribution in [0, 0.1) is 0 Å². The lowest BCUT2D eigenvalue weighted by molar-refractivity contribution is 0.465. The van der Waals surface area contributed by atoms with Crippen LogP contribution >= 0.6 is 0 Å². The summed E-state index contributed by atoms with van der Waals surface area (Å²) in [4.78, 5) is 4.39. The standard InChI is InChI=1S/C14H16N2/c15-14(8-3-4-9-14)12-7-10-16-13-6-2-1-5-11(12)13/h1-2,5-7,10H,3-4,8-9,15H2. The molecule has 0 amide bonds. The van der Waals surface area contributed by atoms with E-state index in [1.54, 1.807) is 0 Å². The smallest absolute Gasteiger partial charge is 0.0705 e. The van der Waals surface area contributed by atoms with Crippen LogP contribution in [0.4, 0.5) is 0 Å². The van der Waals surface area contributed by atoms with Crippen LogP contribution in [0.15, 0.2) is 36.5 Å². The molecule has 82 valence electrons. The molecule has 2 heteroatoms. The van der Waals surface area contributed by atoms with E-state index in [-0.39, 0.29) is 5.54 Å². The first-order valence-electron chi connectivity index (χ1n) is 5.93. The molecule has 16 heavy (non-hydrogen) atoms. The van der Waals surface area contributed by atoms with Crippen LogP contribution in [0.1, 0.15) is 31.2 Å². The third-order valence-corrected chi connectivity index (χ3v) is 3.68. The number of hydrogen-bond donors (Lipinski definition) is 1. The molecule has 2 aromatic rings. The highest BCUT2D eigenvalue weighted by atomic mass is 14.8. The Labute approximate surface area is 95.5 Å². The molecule has 0 spiro atoms. The Hall–Kier alpha value is -1.41. The van der Waals surface area contributed by atoms with Crippen molar-refractivity contribution in [2.45, 2.75) is 31.2 Å². The predicted octanol–water partition coefficient (Wildman–Crippen LogP) is 2.96. The molecular formula is C14H16N2. The van der Waals surface area contributed by atoms with Gasteiger partial charge in [0.15, 0.2) is 0 Å². The number of nitrogens with zero attached hydrogens (tertiary/aromatic N) is 1. The molecule has 0 bridgehead atoms. The molecule has 0 unspecified atom stereocenters. The molecule has 3 rings (SSSR count). The van der Waals surface area contributed by atoms with Crippen molar-refractivity contribution in [3.63, 3.8) is 0 Å². The van der Waals surface area contributed by atoms with Crippen LogP contribution in [0.25, 0.3) is 10.9 Å². The van der Waals surface area contributed by atoms with Crippen LogP contribution in [0.5, 0.6) is 0 Å². The fraction of sp³-hybridized carbons (Fsp3) is 0.357. The summed E-state index contributed by atoms with van der Waals surface area (Å²) in [7, 11) is 0. The molecular weight excluding hydrogens is 196 g/mol. The molecule has 2 N–H and O–H groups in total. The number of para-hydroxylation sites is 1. The van der Waals surface area contributed by atoms with Gasteiger partial charge in [-0.15, -0.1) is 0 Å². The molecule has 1 aliphatic carbocycles. The quantitative estimate of drug-likeness (QED) is 0.789. The van der Waals surface area contributed by atoms with Crippen LogP contribution in [0.2, 0.25) is 0 Å². The van der Waals surface area contributed by atoms with Crippen molar-refractivity contribution < 1.29 is 0 Å². The van der Waals surface area contributed by atoms with E-state index in [0.717, 1.165) is 18.4 Å². The third-order valence-electron chi connectivity index (χ3n) is 3.68. The van der Waals surface area contributed by atoms with E-state index in [9.17, 15) is 0 Å². The molecule has 0 radical (unpaired) electrons. The number of hydrogen-bond acceptors (Lipinski definition) is 2. The summed E-state index contributed by atoms with van der Waals surface area (Å²) in [6, 6.07) is 10.4. The molecule has 1 aromatic heterocycles. The maximum absolute atomic E-state index is 6.52. The van der Waals surface area contributed by atoms with Gasteiger partial charge in [-0.2, -0.15) is 0 Å². The fourth-order valence-corrected chi connectivity index (χ4v) is 2.81. The lowest BCUT2D eigenvalue weighted by atomic mass is 9.87. The zero-order valence-electron chi connectivity index (χ0n) is 9.32. The minimum absolute atomic E-state index is 0.122. The molecule has 2 nitrogen and oxygen atoms in total. The van der Waals surface area contributed by atoms with E-state index in [0.29, 0.717) is 0 Å². The van der Waals surface area contributed by atoms with Gasteiger partial charge in [-0.1, -0.05) is 31.0 Å². The van der Waals surface area contributed by atoms with E-state index in [4.69, 9.17) is 5.73 Å². The van der Waals surface area contributed by atoms with Gasteiger partial charge in [0.1, 0.15) is 0 Å². The Morgan fingerprint density at radius 1 is 1.06 bits per heavy atom. The number of nitrogens with two attached hydrogens (primary N) is 1. The summed E-state index contributed by atoms with van der Waals surface area (Å²) in [6.45, 7) is 0. The van der Waals surface area contributed by atoms with Crippen molar-refractivity contribution in [2.75, 3.05) is 0 Å². The second kappa shape index (κ2) is 3.56. The Bertz CT molecular complexity index is 508. The van der Waals surface area contributed by atoms with Crippen LogP contribution < -0.4 is 5.73 Å². The first-order chi connectivity index (χ1) is 7.80. The summed E-state index contributed by atoms with van der Waals surface area (Å²) in [5.41, 5.74) is 8.72. The van der Waals surface area contributed by atoms with Gasteiger partial charge in [0, 0.05) is 17.1 Å². The van der Waals surface area contributed by atoms with Gasteiger partial charge < -0.3 is 5.73 Å². The summed E-state index contributed by atoms with van der Waals surface area (Å²) >= 11 is 0. The average Bonchev–Trinajstić information content (AvgIpc) is 2.77. The zero-order valence-corrected chi connectivity index (χ0v) is 9.32. The summed E-state index contributed by atoms with van der Waals surface area (Å²) in [6.07, 6.45) is 6.56. The average molecular weight is 212 g/mol. The third kappa shape index (κ3) is 1.41. The first-order valence-corrected chi connectivity index (χ1v) is 5.93. The first kappa shape index (κ1) is 9.79. The highest BCUT2D eigenvalue weighted by Gasteiger charge is 2.32. The Morgan fingerprint density at radius 3 is 2.62 bits per heavy atom. The SMILES string of the molecule is NC1(c2ccnc3ccccc23)CCCC1. The highest BCUT2D eigenvalue weighted by Crippen LogP contribution is 2.38. The molecule has 1 aromatic carbocycles. The summed E-state index contributed by atoms with van der Waals surface area (Å²) < 4.78 is 0. The van der Waals surface area contributed by atoms with Gasteiger partial charge in [0.2, 0.25) is 0 Å². The number of benzene rings is 1. The lowest BCUT2D eigenvalue weighted by Crippen LogP contribution is -2.33. The molecule has 1 fully saturated rings. The van der Waals surface area contributed by atoms with E-state index in [1.807, 2.05) is 12.3 Å². The number of fused-ring (bicyclic) bond motifs is 1. The Kier molecular flexibility index (Phi) is 2.18. The maximum Gasteiger partial charge on any atom is 0.0705 e. The highest BCUT2D eigenvalue weighted by molar-refractivity contribution is 5.82. The van der Waals surface area contributed by atoms with Crippen LogP contribution in [0.3, 0.4) is 0 Å². The van der Waals surface area contributed by atoms with Crippen molar-refractivity contribution in [1.82, 2.24) is 4.98 Å². The Morgan fingerprint density at radius 2 is 1.81 bits per heavy atom. The van der Waals surface area contributed by atoms with Crippen LogP contribution in [-0.4, -0.2) is 4.98 Å². The number of rotatable bonds is 1. The van der Waals surface area contributed by atoms with Crippen molar-refractivity contribution in [3.05, 3.63) is 42.1 Å². The monoisotopic (exact) mass is 212 g/mol. The van der Waals surface area contributed by atoms with Crippen molar-refractivity contribution in [3.8, 4) is 0 Å².